The first kappa shape index (κ1) is 15.6. The lowest BCUT2D eigenvalue weighted by Crippen LogP contribution is -2.50. The number of furan rings is 1. The van der Waals surface area contributed by atoms with Crippen molar-refractivity contribution in [3.05, 3.63) is 24.2 Å². The first-order valence-electron chi connectivity index (χ1n) is 7.34. The Labute approximate surface area is 123 Å². The van der Waals surface area contributed by atoms with E-state index in [-0.39, 0.29) is 24.3 Å². The van der Waals surface area contributed by atoms with Crippen LogP contribution in [0, 0.1) is 5.92 Å². The van der Waals surface area contributed by atoms with Gasteiger partial charge in [-0.1, -0.05) is 12.8 Å². The van der Waals surface area contributed by atoms with Gasteiger partial charge in [-0.25, -0.2) is 0 Å². The van der Waals surface area contributed by atoms with Gasteiger partial charge in [0, 0.05) is 6.92 Å². The maximum absolute atomic E-state index is 12.3. The molecule has 1 aliphatic rings. The van der Waals surface area contributed by atoms with E-state index >= 15 is 0 Å². The second-order valence-corrected chi connectivity index (χ2v) is 5.50. The number of hydrogen-bond acceptors (Lipinski definition) is 4. The van der Waals surface area contributed by atoms with Gasteiger partial charge in [-0.05, 0) is 30.9 Å². The number of amides is 2. The van der Waals surface area contributed by atoms with Crippen LogP contribution in [-0.4, -0.2) is 29.5 Å². The molecule has 1 heterocycles. The van der Waals surface area contributed by atoms with E-state index in [0.717, 1.165) is 25.7 Å². The third-order valence-corrected chi connectivity index (χ3v) is 3.85. The monoisotopic (exact) mass is 294 g/mol. The lowest BCUT2D eigenvalue weighted by atomic mass is 9.97. The Hall–Kier alpha value is -1.82. The third-order valence-electron chi connectivity index (χ3n) is 3.85. The first-order chi connectivity index (χ1) is 10.1. The van der Waals surface area contributed by atoms with Crippen LogP contribution < -0.4 is 10.6 Å². The Bertz CT molecular complexity index is 466. The summed E-state index contributed by atoms with van der Waals surface area (Å²) in [6.07, 6.45) is 4.65. The lowest BCUT2D eigenvalue weighted by molar-refractivity contribution is -0.129. The molecule has 0 bridgehead atoms. The topological polar surface area (TPSA) is 91.6 Å². The van der Waals surface area contributed by atoms with Crippen LogP contribution >= 0.6 is 0 Å². The molecule has 116 valence electrons. The molecule has 2 amide bonds. The van der Waals surface area contributed by atoms with Crippen molar-refractivity contribution in [2.45, 2.75) is 44.8 Å². The summed E-state index contributed by atoms with van der Waals surface area (Å²) in [5.41, 5.74) is 0. The van der Waals surface area contributed by atoms with E-state index in [1.54, 1.807) is 12.1 Å². The Balaban J connectivity index is 1.90. The second kappa shape index (κ2) is 7.26. The smallest absolute Gasteiger partial charge is 0.242 e. The minimum Gasteiger partial charge on any atom is -0.467 e. The van der Waals surface area contributed by atoms with Crippen molar-refractivity contribution < 1.29 is 19.1 Å². The predicted octanol–water partition coefficient (Wildman–Crippen LogP) is 1.12. The standard InChI is InChI=1S/C15H22N2O4/c1-10(18)17-14(11-5-2-3-6-11)15(20)16-9-12(19)13-7-4-8-21-13/h4,7-8,11-12,14,19H,2-3,5-6,9H2,1H3,(H,16,20)(H,17,18)/t12-,14-/m0/s1. The maximum atomic E-state index is 12.3. The van der Waals surface area contributed by atoms with Crippen LogP contribution in [0.5, 0.6) is 0 Å². The summed E-state index contributed by atoms with van der Waals surface area (Å²) < 4.78 is 5.08. The number of carbonyl (C=O) groups is 2. The van der Waals surface area contributed by atoms with Gasteiger partial charge in [0.25, 0.3) is 0 Å². The Morgan fingerprint density at radius 2 is 2.14 bits per heavy atom. The minimum atomic E-state index is -0.884. The largest absolute Gasteiger partial charge is 0.467 e. The molecule has 6 nitrogen and oxygen atoms in total. The van der Waals surface area contributed by atoms with Crippen molar-refractivity contribution in [1.82, 2.24) is 10.6 Å². The molecule has 2 rings (SSSR count). The van der Waals surface area contributed by atoms with E-state index < -0.39 is 12.1 Å². The first-order valence-corrected chi connectivity index (χ1v) is 7.34. The number of aliphatic hydroxyl groups excluding tert-OH is 1. The molecular weight excluding hydrogens is 272 g/mol. The fourth-order valence-corrected chi connectivity index (χ4v) is 2.80. The van der Waals surface area contributed by atoms with Crippen molar-refractivity contribution in [3.63, 3.8) is 0 Å². The molecular formula is C15H22N2O4. The van der Waals surface area contributed by atoms with E-state index in [9.17, 15) is 14.7 Å². The van der Waals surface area contributed by atoms with Crippen molar-refractivity contribution in [1.29, 1.82) is 0 Å². The van der Waals surface area contributed by atoms with E-state index in [2.05, 4.69) is 10.6 Å². The molecule has 0 aromatic carbocycles. The van der Waals surface area contributed by atoms with Crippen molar-refractivity contribution >= 4 is 11.8 Å². The van der Waals surface area contributed by atoms with E-state index in [4.69, 9.17) is 4.42 Å². The second-order valence-electron chi connectivity index (χ2n) is 5.50. The molecule has 21 heavy (non-hydrogen) atoms. The van der Waals surface area contributed by atoms with Crippen LogP contribution in [0.3, 0.4) is 0 Å². The molecule has 0 saturated heterocycles. The summed E-state index contributed by atoms with van der Waals surface area (Å²) in [5, 5.41) is 15.3. The average Bonchev–Trinajstić information content (AvgIpc) is 3.13. The van der Waals surface area contributed by atoms with Gasteiger partial charge in [0.2, 0.25) is 11.8 Å². The van der Waals surface area contributed by atoms with Gasteiger partial charge in [-0.15, -0.1) is 0 Å². The van der Waals surface area contributed by atoms with Crippen LogP contribution in [-0.2, 0) is 9.59 Å². The van der Waals surface area contributed by atoms with Gasteiger partial charge in [0.05, 0.1) is 12.8 Å². The molecule has 1 saturated carbocycles. The fraction of sp³-hybridized carbons (Fsp3) is 0.600. The highest BCUT2D eigenvalue weighted by atomic mass is 16.4. The van der Waals surface area contributed by atoms with E-state index in [1.807, 2.05) is 0 Å². The van der Waals surface area contributed by atoms with Gasteiger partial charge in [0.15, 0.2) is 0 Å². The molecule has 1 aromatic heterocycles. The predicted molar refractivity (Wildman–Crippen MR) is 76.2 cm³/mol. The van der Waals surface area contributed by atoms with E-state index in [0.29, 0.717) is 5.76 Å². The molecule has 0 radical (unpaired) electrons. The zero-order valence-corrected chi connectivity index (χ0v) is 12.2. The van der Waals surface area contributed by atoms with Crippen molar-refractivity contribution in [3.8, 4) is 0 Å². The molecule has 2 atom stereocenters. The van der Waals surface area contributed by atoms with Crippen LogP contribution in [0.25, 0.3) is 0 Å². The van der Waals surface area contributed by atoms with Crippen molar-refractivity contribution in [2.24, 2.45) is 5.92 Å². The molecule has 0 unspecified atom stereocenters. The zero-order valence-electron chi connectivity index (χ0n) is 12.2. The molecule has 1 aliphatic carbocycles. The van der Waals surface area contributed by atoms with Gasteiger partial charge in [-0.3, -0.25) is 9.59 Å². The van der Waals surface area contributed by atoms with Gasteiger partial charge >= 0.3 is 0 Å². The normalized spacial score (nSPS) is 18.2. The quantitative estimate of drug-likeness (QED) is 0.733. The summed E-state index contributed by atoms with van der Waals surface area (Å²) in [5.74, 6) is 0.123. The highest BCUT2D eigenvalue weighted by Gasteiger charge is 2.31. The van der Waals surface area contributed by atoms with Gasteiger partial charge < -0.3 is 20.2 Å². The number of nitrogens with one attached hydrogen (secondary N) is 2. The number of carbonyl (C=O) groups excluding carboxylic acids is 2. The fourth-order valence-electron chi connectivity index (χ4n) is 2.80. The number of aliphatic hydroxyl groups is 1. The van der Waals surface area contributed by atoms with Crippen LogP contribution in [0.15, 0.2) is 22.8 Å². The zero-order chi connectivity index (χ0) is 15.2. The Kier molecular flexibility index (Phi) is 5.38. The molecule has 1 aromatic rings. The SMILES string of the molecule is CC(=O)N[C@H](C(=O)NC[C@H](O)c1ccco1)C1CCCC1. The highest BCUT2D eigenvalue weighted by Crippen LogP contribution is 2.28. The van der Waals surface area contributed by atoms with E-state index in [1.165, 1.54) is 13.2 Å². The average molecular weight is 294 g/mol. The third kappa shape index (κ3) is 4.32. The Morgan fingerprint density at radius 1 is 1.43 bits per heavy atom. The summed E-state index contributed by atoms with van der Waals surface area (Å²) in [6.45, 7) is 1.47. The van der Waals surface area contributed by atoms with Gasteiger partial charge in [-0.2, -0.15) is 0 Å². The number of rotatable bonds is 6. The van der Waals surface area contributed by atoms with Crippen LogP contribution in [0.2, 0.25) is 0 Å². The number of hydrogen-bond donors (Lipinski definition) is 3. The highest BCUT2D eigenvalue weighted by molar-refractivity contribution is 5.87. The van der Waals surface area contributed by atoms with Gasteiger partial charge in [0.1, 0.15) is 17.9 Å². The maximum Gasteiger partial charge on any atom is 0.242 e. The van der Waals surface area contributed by atoms with Crippen LogP contribution in [0.4, 0.5) is 0 Å². The molecule has 0 spiro atoms. The molecule has 1 fully saturated rings. The summed E-state index contributed by atoms with van der Waals surface area (Å²) in [6, 6.07) is 2.81. The molecule has 3 N–H and O–H groups in total. The Morgan fingerprint density at radius 3 is 2.71 bits per heavy atom. The van der Waals surface area contributed by atoms with Crippen molar-refractivity contribution in [2.75, 3.05) is 6.54 Å². The van der Waals surface area contributed by atoms with Crippen LogP contribution in [0.1, 0.15) is 44.5 Å². The minimum absolute atomic E-state index is 0.0646. The molecule has 6 heteroatoms. The summed E-state index contributed by atoms with van der Waals surface area (Å²) in [4.78, 5) is 23.6. The summed E-state index contributed by atoms with van der Waals surface area (Å²) in [7, 11) is 0. The molecule has 0 aliphatic heterocycles. The lowest BCUT2D eigenvalue weighted by Gasteiger charge is -2.23. The summed E-state index contributed by atoms with van der Waals surface area (Å²) >= 11 is 0.